The Balaban J connectivity index is 2.06. The van der Waals surface area contributed by atoms with E-state index < -0.39 is 11.7 Å². The lowest BCUT2D eigenvalue weighted by atomic mass is 10.1. The normalized spacial score (nSPS) is 14.1. The maximum absolute atomic E-state index is 13.7. The maximum Gasteiger partial charge on any atom is 0.251 e. The molecule has 0 radical (unpaired) electrons. The molecule has 5 nitrogen and oxygen atoms in total. The average Bonchev–Trinajstić information content (AvgIpc) is 2.74. The number of halogens is 2. The molecule has 1 aliphatic rings. The van der Waals surface area contributed by atoms with E-state index in [9.17, 15) is 19.1 Å². The van der Waals surface area contributed by atoms with Gasteiger partial charge in [-0.25, -0.2) is 4.39 Å². The minimum Gasteiger partial charge on any atom is -0.507 e. The molecule has 7 heteroatoms. The Bertz CT molecular complexity index is 927. The van der Waals surface area contributed by atoms with E-state index in [1.807, 2.05) is 0 Å². The van der Waals surface area contributed by atoms with Crippen LogP contribution in [0.2, 0.25) is 5.02 Å². The monoisotopic (exact) mass is 374 g/mol. The predicted molar refractivity (Wildman–Crippen MR) is 97.3 cm³/mol. The zero-order valence-corrected chi connectivity index (χ0v) is 14.7. The Kier molecular flexibility index (Phi) is 4.95. The van der Waals surface area contributed by atoms with E-state index in [1.165, 1.54) is 24.1 Å². The maximum atomic E-state index is 13.7. The highest BCUT2D eigenvalue weighted by Gasteiger charge is 2.30. The first kappa shape index (κ1) is 17.9. The third-order valence-corrected chi connectivity index (χ3v) is 4.50. The lowest BCUT2D eigenvalue weighted by molar-refractivity contribution is -0.121. The largest absolute Gasteiger partial charge is 0.507 e. The van der Waals surface area contributed by atoms with Crippen LogP contribution in [0.3, 0.4) is 0 Å². The molecule has 2 aromatic carbocycles. The fourth-order valence-corrected chi connectivity index (χ4v) is 2.99. The van der Waals surface area contributed by atoms with Crippen molar-refractivity contribution in [3.63, 3.8) is 0 Å². The van der Waals surface area contributed by atoms with Gasteiger partial charge in [0.25, 0.3) is 5.91 Å². The molecule has 0 aromatic heterocycles. The molecule has 0 spiro atoms. The lowest BCUT2D eigenvalue weighted by Crippen LogP contribution is -2.31. The number of para-hydroxylation sites is 1. The Labute approximate surface area is 154 Å². The van der Waals surface area contributed by atoms with E-state index in [0.29, 0.717) is 16.8 Å². The van der Waals surface area contributed by atoms with E-state index in [1.54, 1.807) is 30.3 Å². The van der Waals surface area contributed by atoms with Crippen molar-refractivity contribution in [3.05, 3.63) is 70.0 Å². The van der Waals surface area contributed by atoms with Crippen molar-refractivity contribution in [1.29, 1.82) is 0 Å². The molecule has 1 aliphatic heterocycles. The van der Waals surface area contributed by atoms with E-state index in [0.717, 1.165) is 0 Å². The molecule has 0 fully saturated rings. The number of carbonyl (C=O) groups excluding carboxylic acids is 2. The van der Waals surface area contributed by atoms with Crippen LogP contribution >= 0.6 is 11.6 Å². The molecule has 2 amide bonds. The van der Waals surface area contributed by atoms with E-state index >= 15 is 0 Å². The van der Waals surface area contributed by atoms with Crippen molar-refractivity contribution in [2.45, 2.75) is 13.0 Å². The molecule has 3 rings (SSSR count). The van der Waals surface area contributed by atoms with Crippen molar-refractivity contribution in [2.75, 3.05) is 11.9 Å². The van der Waals surface area contributed by atoms with Crippen molar-refractivity contribution in [2.24, 2.45) is 0 Å². The van der Waals surface area contributed by atoms with Crippen LogP contribution in [-0.2, 0) is 16.1 Å². The number of nitrogens with one attached hydrogen (secondary N) is 1. The second-order valence-electron chi connectivity index (χ2n) is 5.83. The zero-order chi connectivity index (χ0) is 18.8. The fourth-order valence-electron chi connectivity index (χ4n) is 2.87. The molecule has 26 heavy (non-hydrogen) atoms. The van der Waals surface area contributed by atoms with Gasteiger partial charge in [0.1, 0.15) is 11.6 Å². The number of aliphatic hydroxyl groups excluding tert-OH is 1. The molecule has 0 saturated heterocycles. The first-order valence-corrected chi connectivity index (χ1v) is 8.28. The lowest BCUT2D eigenvalue weighted by Gasteiger charge is -2.23. The van der Waals surface area contributed by atoms with Gasteiger partial charge < -0.3 is 15.3 Å². The van der Waals surface area contributed by atoms with Crippen LogP contribution in [0.1, 0.15) is 17.5 Å². The summed E-state index contributed by atoms with van der Waals surface area (Å²) in [6.07, 6.45) is -0.268. The van der Waals surface area contributed by atoms with Crippen LogP contribution in [0.5, 0.6) is 0 Å². The molecule has 2 N–H and O–H groups in total. The van der Waals surface area contributed by atoms with Gasteiger partial charge in [0.05, 0.1) is 29.2 Å². The molecular weight excluding hydrogens is 359 g/mol. The van der Waals surface area contributed by atoms with Gasteiger partial charge in [-0.15, -0.1) is 0 Å². The van der Waals surface area contributed by atoms with Gasteiger partial charge >= 0.3 is 0 Å². The summed E-state index contributed by atoms with van der Waals surface area (Å²) in [5.74, 6) is -1.72. The van der Waals surface area contributed by atoms with Crippen molar-refractivity contribution in [1.82, 2.24) is 5.32 Å². The van der Waals surface area contributed by atoms with Crippen molar-refractivity contribution in [3.8, 4) is 0 Å². The smallest absolute Gasteiger partial charge is 0.251 e. The Morgan fingerprint density at radius 1 is 1.31 bits per heavy atom. The van der Waals surface area contributed by atoms with Gasteiger partial charge in [0.15, 0.2) is 0 Å². The SMILES string of the molecule is CNC(=O)C1=C(O)c2ccccc2N(Cc2ccc(Cl)c(F)c2)C(=O)C1. The second-order valence-corrected chi connectivity index (χ2v) is 6.24. The number of hydrogen-bond donors (Lipinski definition) is 2. The summed E-state index contributed by atoms with van der Waals surface area (Å²) in [4.78, 5) is 26.3. The summed E-state index contributed by atoms with van der Waals surface area (Å²) in [5.41, 5.74) is 1.35. The number of fused-ring (bicyclic) bond motifs is 1. The van der Waals surface area contributed by atoms with Crippen LogP contribution in [0, 0.1) is 5.82 Å². The summed E-state index contributed by atoms with van der Waals surface area (Å²) in [6.45, 7) is 0.0816. The quantitative estimate of drug-likeness (QED) is 0.864. The van der Waals surface area contributed by atoms with Gasteiger partial charge in [-0.1, -0.05) is 29.8 Å². The van der Waals surface area contributed by atoms with Crippen LogP contribution in [0.15, 0.2) is 48.0 Å². The molecule has 1 heterocycles. The van der Waals surface area contributed by atoms with Gasteiger partial charge in [-0.3, -0.25) is 9.59 Å². The predicted octanol–water partition coefficient (Wildman–Crippen LogP) is 3.43. The average molecular weight is 375 g/mol. The standard InChI is InChI=1S/C19H16ClFN2O3/c1-22-19(26)13-9-17(24)23(10-11-6-7-14(20)15(21)8-11)16-5-3-2-4-12(16)18(13)25/h2-8,25H,9-10H2,1H3,(H,22,26). The zero-order valence-electron chi connectivity index (χ0n) is 13.9. The number of amides is 2. The molecule has 0 aliphatic carbocycles. The number of rotatable bonds is 3. The topological polar surface area (TPSA) is 69.6 Å². The van der Waals surface area contributed by atoms with Crippen LogP contribution < -0.4 is 10.2 Å². The number of carbonyl (C=O) groups is 2. The van der Waals surface area contributed by atoms with Gasteiger partial charge in [-0.05, 0) is 29.8 Å². The first-order valence-electron chi connectivity index (χ1n) is 7.90. The van der Waals surface area contributed by atoms with E-state index in [2.05, 4.69) is 5.32 Å². The first-order chi connectivity index (χ1) is 12.4. The molecule has 2 aromatic rings. The Morgan fingerprint density at radius 3 is 2.73 bits per heavy atom. The summed E-state index contributed by atoms with van der Waals surface area (Å²) in [7, 11) is 1.43. The van der Waals surface area contributed by atoms with Gasteiger partial charge in [-0.2, -0.15) is 0 Å². The van der Waals surface area contributed by atoms with Gasteiger partial charge in [0.2, 0.25) is 5.91 Å². The molecule has 0 bridgehead atoms. The van der Waals surface area contributed by atoms with Crippen LogP contribution in [0.4, 0.5) is 10.1 Å². The number of hydrogen-bond acceptors (Lipinski definition) is 3. The summed E-state index contributed by atoms with van der Waals surface area (Å²) < 4.78 is 13.7. The Morgan fingerprint density at radius 2 is 2.04 bits per heavy atom. The highest BCUT2D eigenvalue weighted by atomic mass is 35.5. The fraction of sp³-hybridized carbons (Fsp3) is 0.158. The molecule has 0 atom stereocenters. The second kappa shape index (κ2) is 7.17. The third-order valence-electron chi connectivity index (χ3n) is 4.19. The molecule has 0 saturated carbocycles. The summed E-state index contributed by atoms with van der Waals surface area (Å²) in [6, 6.07) is 11.0. The highest BCUT2D eigenvalue weighted by Crippen LogP contribution is 2.34. The number of aliphatic hydroxyl groups is 1. The molecule has 0 unspecified atom stereocenters. The Hall–Kier alpha value is -2.86. The van der Waals surface area contributed by atoms with Gasteiger partial charge in [0, 0.05) is 12.6 Å². The van der Waals surface area contributed by atoms with Crippen molar-refractivity contribution < 1.29 is 19.1 Å². The molecule has 134 valence electrons. The number of benzene rings is 2. The van der Waals surface area contributed by atoms with E-state index in [-0.39, 0.29) is 35.2 Å². The number of likely N-dealkylation sites (N-methyl/N-ethyl adjacent to an activating group) is 1. The van der Waals surface area contributed by atoms with E-state index in [4.69, 9.17) is 11.6 Å². The molecular formula is C19H16ClFN2O3. The number of anilines is 1. The summed E-state index contributed by atoms with van der Waals surface area (Å²) >= 11 is 5.71. The minimum absolute atomic E-state index is 0.00226. The van der Waals surface area contributed by atoms with Crippen LogP contribution in [-0.4, -0.2) is 24.0 Å². The number of nitrogens with zero attached hydrogens (tertiary/aromatic N) is 1. The third kappa shape index (κ3) is 3.28. The summed E-state index contributed by atoms with van der Waals surface area (Å²) in [5, 5.41) is 13.0. The van der Waals surface area contributed by atoms with Crippen molar-refractivity contribution >= 4 is 34.9 Å². The highest BCUT2D eigenvalue weighted by molar-refractivity contribution is 6.30. The van der Waals surface area contributed by atoms with Crippen LogP contribution in [0.25, 0.3) is 5.76 Å². The minimum atomic E-state index is -0.577.